The van der Waals surface area contributed by atoms with Gasteiger partial charge < -0.3 is 33.8 Å². The monoisotopic (exact) mass is 1320 g/mol. The lowest BCUT2D eigenvalue weighted by Crippen LogP contribution is -2.30. The quantitative estimate of drug-likeness (QED) is 0.0222. The number of carbonyl (C=O) groups excluding carboxylic acids is 4. The second-order valence-corrected chi connectivity index (χ2v) is 30.0. The summed E-state index contributed by atoms with van der Waals surface area (Å²) in [4.78, 5) is 72.5. The van der Waals surface area contributed by atoms with Gasteiger partial charge in [-0.05, 0) is 43.4 Å². The molecular weight excluding hydrogens is 1190 g/mol. The average Bonchev–Trinajstić information content (AvgIpc) is 2.47. The molecule has 0 saturated heterocycles. The van der Waals surface area contributed by atoms with Crippen molar-refractivity contribution in [2.45, 2.75) is 375 Å². The van der Waals surface area contributed by atoms with E-state index in [1.54, 1.807) is 0 Å². The molecule has 17 nitrogen and oxygen atoms in total. The molecule has 0 radical (unpaired) electrons. The Hall–Kier alpha value is -1.94. The molecule has 0 heterocycles. The maximum Gasteiger partial charge on any atom is 0.472 e. The van der Waals surface area contributed by atoms with Crippen molar-refractivity contribution >= 4 is 39.5 Å². The number of hydrogen-bond acceptors (Lipinski definition) is 15. The summed E-state index contributed by atoms with van der Waals surface area (Å²) >= 11 is 0. The highest BCUT2D eigenvalue weighted by atomic mass is 31.2. The Kier molecular flexibility index (Phi) is 60.6. The van der Waals surface area contributed by atoms with Crippen LogP contribution >= 0.6 is 15.6 Å². The van der Waals surface area contributed by atoms with Gasteiger partial charge in [-0.3, -0.25) is 37.3 Å². The van der Waals surface area contributed by atoms with E-state index in [0.29, 0.717) is 31.6 Å². The molecule has 0 saturated carbocycles. The van der Waals surface area contributed by atoms with Crippen LogP contribution in [0.25, 0.3) is 0 Å². The Morgan fingerprint density at radius 1 is 0.300 bits per heavy atom. The van der Waals surface area contributed by atoms with Gasteiger partial charge in [0, 0.05) is 25.7 Å². The molecule has 0 bridgehead atoms. The number of carbonyl (C=O) groups is 4. The van der Waals surface area contributed by atoms with Crippen molar-refractivity contribution in [1.29, 1.82) is 0 Å². The number of phosphoric ester groups is 2. The van der Waals surface area contributed by atoms with Crippen molar-refractivity contribution in [3.05, 3.63) is 0 Å². The van der Waals surface area contributed by atoms with E-state index in [-0.39, 0.29) is 25.7 Å². The molecule has 534 valence electrons. The summed E-state index contributed by atoms with van der Waals surface area (Å²) in [6.45, 7) is 11.7. The molecule has 0 aromatic heterocycles. The van der Waals surface area contributed by atoms with Crippen LogP contribution in [-0.2, 0) is 65.4 Å². The van der Waals surface area contributed by atoms with E-state index < -0.39 is 97.5 Å². The third-order valence-electron chi connectivity index (χ3n) is 16.4. The molecule has 0 rings (SSSR count). The Morgan fingerprint density at radius 2 is 0.511 bits per heavy atom. The lowest BCUT2D eigenvalue weighted by Gasteiger charge is -2.21. The van der Waals surface area contributed by atoms with Crippen LogP contribution < -0.4 is 0 Å². The lowest BCUT2D eigenvalue weighted by molar-refractivity contribution is -0.161. The van der Waals surface area contributed by atoms with Gasteiger partial charge in [0.2, 0.25) is 0 Å². The first-order valence-corrected chi connectivity index (χ1v) is 39.8. The van der Waals surface area contributed by atoms with E-state index in [0.717, 1.165) is 108 Å². The van der Waals surface area contributed by atoms with Crippen LogP contribution in [0.3, 0.4) is 0 Å². The summed E-state index contributed by atoms with van der Waals surface area (Å²) < 4.78 is 68.3. The normalized spacial score (nSPS) is 14.2. The molecule has 2 unspecified atom stereocenters. The summed E-state index contributed by atoms with van der Waals surface area (Å²) in [5, 5.41) is 10.6. The molecule has 0 aliphatic carbocycles. The topological polar surface area (TPSA) is 237 Å². The van der Waals surface area contributed by atoms with E-state index in [9.17, 15) is 43.2 Å². The zero-order chi connectivity index (χ0) is 66.6. The Bertz CT molecular complexity index is 1770. The fourth-order valence-electron chi connectivity index (χ4n) is 10.7. The number of esters is 4. The Balaban J connectivity index is 5.24. The number of aliphatic hydroxyl groups excluding tert-OH is 1. The molecule has 19 heteroatoms. The predicted molar refractivity (Wildman–Crippen MR) is 363 cm³/mol. The number of rotatable bonds is 69. The van der Waals surface area contributed by atoms with Gasteiger partial charge in [-0.2, -0.15) is 0 Å². The molecule has 0 aliphatic heterocycles. The standard InChI is InChI=1S/C71H138O17P2/c1-8-9-10-11-12-13-14-15-16-17-18-19-20-23-32-40-47-54-70(75)87-66(58-81-68(73)52-45-38-31-24-21-22-28-35-42-49-62(2)3)60-85-89(77,78)83-56-65(72)57-84-90(79,80)86-61-67(59-82-69(74)53-46-39-34-27-30-37-44-51-64(6)7)88-71(76)55-48-41-33-26-25-29-36-43-50-63(4)5/h62-67,72H,8-61H2,1-7H3,(H,77,78)(H,79,80)/t65-,66-,67-/m1/s1. The van der Waals surface area contributed by atoms with E-state index >= 15 is 0 Å². The summed E-state index contributed by atoms with van der Waals surface area (Å²) in [5.41, 5.74) is 0. The first-order chi connectivity index (χ1) is 43.2. The van der Waals surface area contributed by atoms with Crippen molar-refractivity contribution in [1.82, 2.24) is 0 Å². The highest BCUT2D eigenvalue weighted by Crippen LogP contribution is 2.45. The largest absolute Gasteiger partial charge is 0.472 e. The maximum absolute atomic E-state index is 13.0. The first kappa shape index (κ1) is 88.1. The second kappa shape index (κ2) is 61.9. The molecule has 0 aromatic rings. The summed E-state index contributed by atoms with van der Waals surface area (Å²) in [5.74, 6) is 0.0397. The summed E-state index contributed by atoms with van der Waals surface area (Å²) in [7, 11) is -9.90. The van der Waals surface area contributed by atoms with Crippen LogP contribution in [0.1, 0.15) is 357 Å². The summed E-state index contributed by atoms with van der Waals surface area (Å²) in [6.07, 6.45) is 46.0. The zero-order valence-electron chi connectivity index (χ0n) is 58.6. The van der Waals surface area contributed by atoms with Crippen molar-refractivity contribution in [2.24, 2.45) is 17.8 Å². The van der Waals surface area contributed by atoms with Crippen molar-refractivity contribution in [2.75, 3.05) is 39.6 Å². The molecule has 0 amide bonds. The molecular formula is C71H138O17P2. The van der Waals surface area contributed by atoms with Gasteiger partial charge in [0.25, 0.3) is 0 Å². The third kappa shape index (κ3) is 64.8. The Morgan fingerprint density at radius 3 is 0.756 bits per heavy atom. The number of aliphatic hydroxyl groups is 1. The minimum Gasteiger partial charge on any atom is -0.462 e. The maximum atomic E-state index is 13.0. The number of phosphoric acid groups is 2. The predicted octanol–water partition coefficient (Wildman–Crippen LogP) is 20.2. The number of hydrogen-bond donors (Lipinski definition) is 3. The first-order valence-electron chi connectivity index (χ1n) is 36.8. The van der Waals surface area contributed by atoms with Crippen LogP contribution in [0.4, 0.5) is 0 Å². The zero-order valence-corrected chi connectivity index (χ0v) is 60.4. The summed E-state index contributed by atoms with van der Waals surface area (Å²) in [6, 6.07) is 0. The van der Waals surface area contributed by atoms with Gasteiger partial charge in [0.05, 0.1) is 26.4 Å². The minimum atomic E-state index is -4.95. The molecule has 0 spiro atoms. The molecule has 0 fully saturated rings. The number of ether oxygens (including phenoxy) is 4. The van der Waals surface area contributed by atoms with Crippen molar-refractivity contribution < 1.29 is 80.2 Å². The van der Waals surface area contributed by atoms with Crippen LogP contribution in [-0.4, -0.2) is 96.7 Å². The highest BCUT2D eigenvalue weighted by Gasteiger charge is 2.30. The van der Waals surface area contributed by atoms with Gasteiger partial charge in [-0.1, -0.05) is 305 Å². The van der Waals surface area contributed by atoms with Crippen LogP contribution in [0.2, 0.25) is 0 Å². The molecule has 0 aliphatic rings. The van der Waals surface area contributed by atoms with Crippen LogP contribution in [0.15, 0.2) is 0 Å². The highest BCUT2D eigenvalue weighted by molar-refractivity contribution is 7.47. The second-order valence-electron chi connectivity index (χ2n) is 27.1. The molecule has 90 heavy (non-hydrogen) atoms. The number of unbranched alkanes of at least 4 members (excludes halogenated alkanes) is 37. The SMILES string of the molecule is CCCCCCCCCCCCCCCCCCCC(=O)O[C@H](COC(=O)CCCCCCCCCCCC(C)C)COP(=O)(O)OC[C@@H](O)COP(=O)(O)OC[C@@H](COC(=O)CCCCCCCCCC(C)C)OC(=O)CCCCCCCCCCC(C)C. The third-order valence-corrected chi connectivity index (χ3v) is 18.3. The Labute approximate surface area is 549 Å². The molecule has 0 aromatic carbocycles. The fraction of sp³-hybridized carbons (Fsp3) is 0.944. The lowest BCUT2D eigenvalue weighted by atomic mass is 10.0. The van der Waals surface area contributed by atoms with Gasteiger partial charge in [0.15, 0.2) is 12.2 Å². The van der Waals surface area contributed by atoms with Crippen molar-refractivity contribution in [3.8, 4) is 0 Å². The van der Waals surface area contributed by atoms with E-state index in [1.807, 2.05) is 0 Å². The van der Waals surface area contributed by atoms with Gasteiger partial charge in [-0.15, -0.1) is 0 Å². The van der Waals surface area contributed by atoms with Crippen LogP contribution in [0.5, 0.6) is 0 Å². The average molecular weight is 1330 g/mol. The molecule has 3 N–H and O–H groups in total. The van der Waals surface area contributed by atoms with E-state index in [1.165, 1.54) is 161 Å². The van der Waals surface area contributed by atoms with Gasteiger partial charge in [0.1, 0.15) is 19.3 Å². The minimum absolute atomic E-state index is 0.103. The van der Waals surface area contributed by atoms with Gasteiger partial charge >= 0.3 is 39.5 Å². The fourth-order valence-corrected chi connectivity index (χ4v) is 12.3. The smallest absolute Gasteiger partial charge is 0.462 e. The molecule has 5 atom stereocenters. The van der Waals surface area contributed by atoms with Crippen LogP contribution in [0, 0.1) is 17.8 Å². The van der Waals surface area contributed by atoms with E-state index in [2.05, 4.69) is 48.5 Å². The van der Waals surface area contributed by atoms with Gasteiger partial charge in [-0.25, -0.2) is 9.13 Å². The van der Waals surface area contributed by atoms with E-state index in [4.69, 9.17) is 37.0 Å². The van der Waals surface area contributed by atoms with Crippen molar-refractivity contribution in [3.63, 3.8) is 0 Å².